The smallest absolute Gasteiger partial charge is 0.295 e. The molecule has 1 heterocycles. The molecule has 8 heteroatoms. The van der Waals surface area contributed by atoms with Crippen LogP contribution in [0.2, 0.25) is 0 Å². The van der Waals surface area contributed by atoms with Crippen molar-refractivity contribution < 1.29 is 29.3 Å². The van der Waals surface area contributed by atoms with Gasteiger partial charge in [0, 0.05) is 18.7 Å². The SMILES string of the molecule is C=CCOc1ccc(/C(O)=C2\C(=O)C(=O)N(CCN(CC)CC)[C@H]2c2ccc(O)c(OC)c2)cc1. The van der Waals surface area contributed by atoms with Crippen LogP contribution in [0.25, 0.3) is 5.76 Å². The van der Waals surface area contributed by atoms with Gasteiger partial charge in [-0.25, -0.2) is 0 Å². The van der Waals surface area contributed by atoms with E-state index in [1.165, 1.54) is 18.1 Å². The lowest BCUT2D eigenvalue weighted by molar-refractivity contribution is -0.140. The summed E-state index contributed by atoms with van der Waals surface area (Å²) in [6, 6.07) is 10.4. The summed E-state index contributed by atoms with van der Waals surface area (Å²) in [6.45, 7) is 10.5. The van der Waals surface area contributed by atoms with Gasteiger partial charge in [0.25, 0.3) is 11.7 Å². The molecule has 0 saturated carbocycles. The number of likely N-dealkylation sites (tertiary alicyclic amines) is 1. The minimum absolute atomic E-state index is 0.0120. The molecular weight excluding hydrogens is 448 g/mol. The van der Waals surface area contributed by atoms with Crippen LogP contribution in [0.15, 0.2) is 60.7 Å². The van der Waals surface area contributed by atoms with Crippen LogP contribution in [0, 0.1) is 0 Å². The molecule has 35 heavy (non-hydrogen) atoms. The second-order valence-corrected chi connectivity index (χ2v) is 8.07. The highest BCUT2D eigenvalue weighted by Crippen LogP contribution is 2.41. The van der Waals surface area contributed by atoms with Crippen LogP contribution in [-0.2, 0) is 9.59 Å². The summed E-state index contributed by atoms with van der Waals surface area (Å²) in [7, 11) is 1.42. The van der Waals surface area contributed by atoms with Crippen molar-refractivity contribution in [2.45, 2.75) is 19.9 Å². The lowest BCUT2D eigenvalue weighted by Gasteiger charge is -2.28. The summed E-state index contributed by atoms with van der Waals surface area (Å²) in [4.78, 5) is 29.9. The Kier molecular flexibility index (Phi) is 8.54. The third kappa shape index (κ3) is 5.49. The second kappa shape index (κ2) is 11.6. The molecule has 0 aromatic heterocycles. The molecule has 1 aliphatic heterocycles. The molecule has 0 aliphatic carbocycles. The van der Waals surface area contributed by atoms with E-state index in [2.05, 4.69) is 11.5 Å². The van der Waals surface area contributed by atoms with Crippen molar-refractivity contribution in [1.82, 2.24) is 9.80 Å². The molecular formula is C27H32N2O6. The van der Waals surface area contributed by atoms with Crippen molar-refractivity contribution >= 4 is 17.4 Å². The number of amides is 1. The molecule has 1 atom stereocenters. The summed E-state index contributed by atoms with van der Waals surface area (Å²) in [5, 5.41) is 21.3. The molecule has 8 nitrogen and oxygen atoms in total. The van der Waals surface area contributed by atoms with E-state index in [0.717, 1.165) is 13.1 Å². The number of aliphatic hydroxyl groups excluding tert-OH is 1. The first-order valence-corrected chi connectivity index (χ1v) is 11.6. The quantitative estimate of drug-likeness (QED) is 0.219. The Balaban J connectivity index is 2.08. The number of carbonyl (C=O) groups excluding carboxylic acids is 2. The van der Waals surface area contributed by atoms with Gasteiger partial charge < -0.3 is 29.5 Å². The van der Waals surface area contributed by atoms with Crippen molar-refractivity contribution in [2.75, 3.05) is 39.9 Å². The maximum Gasteiger partial charge on any atom is 0.295 e. The number of phenolic OH excluding ortho intramolecular Hbond substituents is 1. The summed E-state index contributed by atoms with van der Waals surface area (Å²) in [5.41, 5.74) is 0.918. The molecule has 0 radical (unpaired) electrons. The Bertz CT molecular complexity index is 1110. The van der Waals surface area contributed by atoms with E-state index in [1.807, 2.05) is 13.8 Å². The Morgan fingerprint density at radius 1 is 1.14 bits per heavy atom. The number of rotatable bonds is 11. The number of ketones is 1. The van der Waals surface area contributed by atoms with Gasteiger partial charge in [-0.2, -0.15) is 0 Å². The van der Waals surface area contributed by atoms with Gasteiger partial charge in [-0.15, -0.1) is 0 Å². The van der Waals surface area contributed by atoms with E-state index in [1.54, 1.807) is 42.5 Å². The first kappa shape index (κ1) is 25.8. The number of ether oxygens (including phenoxy) is 2. The Hall–Kier alpha value is -3.78. The molecule has 1 saturated heterocycles. The number of nitrogens with zero attached hydrogens (tertiary/aromatic N) is 2. The largest absolute Gasteiger partial charge is 0.507 e. The monoisotopic (exact) mass is 480 g/mol. The van der Waals surface area contributed by atoms with Gasteiger partial charge in [0.1, 0.15) is 18.1 Å². The Morgan fingerprint density at radius 3 is 2.43 bits per heavy atom. The Morgan fingerprint density at radius 2 is 1.83 bits per heavy atom. The van der Waals surface area contributed by atoms with Crippen LogP contribution in [0.3, 0.4) is 0 Å². The zero-order chi connectivity index (χ0) is 25.5. The normalized spacial score (nSPS) is 17.1. The predicted octanol–water partition coefficient (Wildman–Crippen LogP) is 3.73. The van der Waals surface area contributed by atoms with Gasteiger partial charge in [-0.1, -0.05) is 32.6 Å². The predicted molar refractivity (Wildman–Crippen MR) is 134 cm³/mol. The summed E-state index contributed by atoms with van der Waals surface area (Å²) >= 11 is 0. The van der Waals surface area contributed by atoms with Crippen molar-refractivity contribution in [3.8, 4) is 17.2 Å². The van der Waals surface area contributed by atoms with Crippen LogP contribution >= 0.6 is 0 Å². The number of carbonyl (C=O) groups is 2. The van der Waals surface area contributed by atoms with Crippen molar-refractivity contribution in [3.63, 3.8) is 0 Å². The van der Waals surface area contributed by atoms with Gasteiger partial charge in [-0.3, -0.25) is 9.59 Å². The highest BCUT2D eigenvalue weighted by atomic mass is 16.5. The van der Waals surface area contributed by atoms with Gasteiger partial charge in [-0.05, 0) is 55.1 Å². The average Bonchev–Trinajstić information content (AvgIpc) is 3.13. The van der Waals surface area contributed by atoms with Gasteiger partial charge >= 0.3 is 0 Å². The fourth-order valence-electron chi connectivity index (χ4n) is 4.13. The molecule has 186 valence electrons. The number of aliphatic hydroxyl groups is 1. The maximum absolute atomic E-state index is 13.2. The van der Waals surface area contributed by atoms with Crippen molar-refractivity contribution in [3.05, 3.63) is 71.8 Å². The lowest BCUT2D eigenvalue weighted by Crippen LogP contribution is -2.38. The maximum atomic E-state index is 13.2. The molecule has 2 aromatic rings. The topological polar surface area (TPSA) is 99.5 Å². The first-order chi connectivity index (χ1) is 16.9. The number of aromatic hydroxyl groups is 1. The molecule has 0 spiro atoms. The van der Waals surface area contributed by atoms with Gasteiger partial charge in [0.2, 0.25) is 0 Å². The van der Waals surface area contributed by atoms with E-state index in [0.29, 0.717) is 36.6 Å². The van der Waals surface area contributed by atoms with E-state index in [4.69, 9.17) is 9.47 Å². The van der Waals surface area contributed by atoms with Crippen LogP contribution < -0.4 is 9.47 Å². The van der Waals surface area contributed by atoms with Crippen LogP contribution in [0.1, 0.15) is 31.0 Å². The number of phenols is 1. The summed E-state index contributed by atoms with van der Waals surface area (Å²) in [6.07, 6.45) is 1.62. The van der Waals surface area contributed by atoms with Crippen molar-refractivity contribution in [1.29, 1.82) is 0 Å². The minimum Gasteiger partial charge on any atom is -0.507 e. The minimum atomic E-state index is -0.836. The standard InChI is InChI=1S/C27H32N2O6/c1-5-16-35-20-11-8-18(9-12-20)25(31)23-24(19-10-13-21(30)22(17-19)34-4)29(27(33)26(23)32)15-14-28(6-2)7-3/h5,8-13,17,24,30-31H,1,6-7,14-16H2,2-4H3/b25-23+/t24-/m0/s1. The second-order valence-electron chi connectivity index (χ2n) is 8.07. The van der Waals surface area contributed by atoms with E-state index >= 15 is 0 Å². The number of methoxy groups -OCH3 is 1. The third-order valence-electron chi connectivity index (χ3n) is 6.11. The van der Waals surface area contributed by atoms with Crippen LogP contribution in [0.5, 0.6) is 17.2 Å². The van der Waals surface area contributed by atoms with Gasteiger partial charge in [0.05, 0.1) is 18.7 Å². The van der Waals surface area contributed by atoms with Crippen LogP contribution in [-0.4, -0.2) is 71.6 Å². The number of benzene rings is 2. The summed E-state index contributed by atoms with van der Waals surface area (Å²) < 4.78 is 10.7. The molecule has 1 fully saturated rings. The highest BCUT2D eigenvalue weighted by molar-refractivity contribution is 6.46. The number of hydrogen-bond donors (Lipinski definition) is 2. The first-order valence-electron chi connectivity index (χ1n) is 11.6. The molecule has 0 unspecified atom stereocenters. The molecule has 1 aliphatic rings. The van der Waals surface area contributed by atoms with E-state index < -0.39 is 17.7 Å². The Labute approximate surface area is 205 Å². The molecule has 3 rings (SSSR count). The average molecular weight is 481 g/mol. The number of hydrogen-bond acceptors (Lipinski definition) is 7. The van der Waals surface area contributed by atoms with Gasteiger partial charge in [0.15, 0.2) is 11.5 Å². The highest BCUT2D eigenvalue weighted by Gasteiger charge is 2.46. The van der Waals surface area contributed by atoms with Crippen LogP contribution in [0.4, 0.5) is 0 Å². The van der Waals surface area contributed by atoms with E-state index in [9.17, 15) is 19.8 Å². The fraction of sp³-hybridized carbons (Fsp3) is 0.333. The zero-order valence-electron chi connectivity index (χ0n) is 20.4. The molecule has 2 N–H and O–H groups in total. The van der Waals surface area contributed by atoms with Crippen molar-refractivity contribution in [2.24, 2.45) is 0 Å². The molecule has 2 aromatic carbocycles. The fourth-order valence-corrected chi connectivity index (χ4v) is 4.13. The third-order valence-corrected chi connectivity index (χ3v) is 6.11. The molecule has 1 amide bonds. The zero-order valence-corrected chi connectivity index (χ0v) is 20.4. The molecule has 0 bridgehead atoms. The lowest BCUT2D eigenvalue weighted by atomic mass is 9.95. The van der Waals surface area contributed by atoms with E-state index in [-0.39, 0.29) is 22.8 Å². The number of likely N-dealkylation sites (N-methyl/N-ethyl adjacent to an activating group) is 1. The summed E-state index contributed by atoms with van der Waals surface area (Å²) in [5.74, 6) is -0.985. The number of Topliss-reactive ketones (excluding diaryl/α,β-unsaturated/α-hetero) is 1.